The van der Waals surface area contributed by atoms with Gasteiger partial charge in [0.15, 0.2) is 0 Å². The summed E-state index contributed by atoms with van der Waals surface area (Å²) in [6.07, 6.45) is 1.67. The van der Waals surface area contributed by atoms with Gasteiger partial charge in [0.1, 0.15) is 17.1 Å². The Balaban J connectivity index is 2.17. The zero-order valence-corrected chi connectivity index (χ0v) is 18.1. The van der Waals surface area contributed by atoms with Gasteiger partial charge in [0.05, 0.1) is 6.54 Å². The van der Waals surface area contributed by atoms with Crippen molar-refractivity contribution in [2.75, 3.05) is 13.3 Å². The van der Waals surface area contributed by atoms with Gasteiger partial charge in [-0.15, -0.1) is 11.8 Å². The predicted molar refractivity (Wildman–Crippen MR) is 110 cm³/mol. The molecule has 2 aromatic carbocycles. The second-order valence-corrected chi connectivity index (χ2v) is 8.66. The van der Waals surface area contributed by atoms with E-state index >= 15 is 0 Å². The second-order valence-electron chi connectivity index (χ2n) is 6.87. The first-order chi connectivity index (χ1) is 12.2. The van der Waals surface area contributed by atoms with Gasteiger partial charge < -0.3 is 14.4 Å². The normalized spacial score (nSPS) is 11.2. The molecule has 0 aliphatic rings. The monoisotopic (exact) mass is 437 g/mol. The van der Waals surface area contributed by atoms with Crippen molar-refractivity contribution in [1.82, 2.24) is 4.90 Å². The number of nitrogens with zero attached hydrogens (tertiary/aromatic N) is 1. The molecule has 0 N–H and O–H groups in total. The van der Waals surface area contributed by atoms with E-state index in [1.807, 2.05) is 69.5 Å². The molecule has 4 nitrogen and oxygen atoms in total. The van der Waals surface area contributed by atoms with Crippen LogP contribution >= 0.6 is 27.7 Å². The summed E-state index contributed by atoms with van der Waals surface area (Å²) in [5.41, 5.74) is 0.364. The number of halogens is 1. The van der Waals surface area contributed by atoms with E-state index in [9.17, 15) is 4.79 Å². The van der Waals surface area contributed by atoms with E-state index < -0.39 is 5.60 Å². The van der Waals surface area contributed by atoms with E-state index in [4.69, 9.17) is 9.47 Å². The van der Waals surface area contributed by atoms with Gasteiger partial charge in [-0.3, -0.25) is 0 Å². The summed E-state index contributed by atoms with van der Waals surface area (Å²) in [4.78, 5) is 15.0. The lowest BCUT2D eigenvalue weighted by molar-refractivity contribution is 0.0284. The maximum Gasteiger partial charge on any atom is 0.410 e. The molecule has 0 atom stereocenters. The molecule has 26 heavy (non-hydrogen) atoms. The molecule has 0 aliphatic carbocycles. The fourth-order valence-corrected chi connectivity index (χ4v) is 3.02. The predicted octanol–water partition coefficient (Wildman–Crippen LogP) is 6.33. The highest BCUT2D eigenvalue weighted by Gasteiger charge is 2.20. The molecule has 0 aromatic heterocycles. The van der Waals surface area contributed by atoms with Crippen molar-refractivity contribution >= 4 is 33.8 Å². The van der Waals surface area contributed by atoms with Crippen molar-refractivity contribution in [2.45, 2.75) is 37.8 Å². The van der Waals surface area contributed by atoms with Crippen molar-refractivity contribution in [3.8, 4) is 11.5 Å². The highest BCUT2D eigenvalue weighted by atomic mass is 79.9. The van der Waals surface area contributed by atoms with Gasteiger partial charge in [0.25, 0.3) is 0 Å². The number of carbonyl (C=O) groups is 1. The van der Waals surface area contributed by atoms with Crippen molar-refractivity contribution in [3.63, 3.8) is 0 Å². The van der Waals surface area contributed by atoms with Crippen molar-refractivity contribution in [2.24, 2.45) is 0 Å². The largest absolute Gasteiger partial charge is 0.457 e. The zero-order valence-electron chi connectivity index (χ0n) is 15.7. The summed E-state index contributed by atoms with van der Waals surface area (Å²) < 4.78 is 12.4. The average Bonchev–Trinajstić information content (AvgIpc) is 2.56. The van der Waals surface area contributed by atoms with E-state index in [1.165, 1.54) is 9.80 Å². The van der Waals surface area contributed by atoms with Gasteiger partial charge >= 0.3 is 6.09 Å². The van der Waals surface area contributed by atoms with Gasteiger partial charge in [0, 0.05) is 22.0 Å². The Morgan fingerprint density at radius 3 is 2.38 bits per heavy atom. The molecule has 6 heteroatoms. The minimum atomic E-state index is -0.527. The van der Waals surface area contributed by atoms with Crippen LogP contribution in [0.2, 0.25) is 0 Å². The third-order valence-electron chi connectivity index (χ3n) is 3.42. The van der Waals surface area contributed by atoms with Gasteiger partial charge in [-0.05, 0) is 69.5 Å². The highest BCUT2D eigenvalue weighted by Crippen LogP contribution is 2.30. The minimum Gasteiger partial charge on any atom is -0.457 e. The quantitative estimate of drug-likeness (QED) is 0.512. The molecule has 2 aromatic rings. The van der Waals surface area contributed by atoms with Gasteiger partial charge in [-0.25, -0.2) is 4.79 Å². The first-order valence-corrected chi connectivity index (χ1v) is 10.2. The molecule has 0 unspecified atom stereocenters. The third-order valence-corrected chi connectivity index (χ3v) is 4.66. The summed E-state index contributed by atoms with van der Waals surface area (Å²) in [5, 5.41) is 0. The fraction of sp³-hybridized carbons (Fsp3) is 0.350. The Kier molecular flexibility index (Phi) is 7.01. The van der Waals surface area contributed by atoms with Crippen LogP contribution in [0.25, 0.3) is 0 Å². The number of amides is 1. The lowest BCUT2D eigenvalue weighted by atomic mass is 10.2. The molecule has 0 spiro atoms. The lowest BCUT2D eigenvalue weighted by Gasteiger charge is -2.25. The lowest BCUT2D eigenvalue weighted by Crippen LogP contribution is -2.33. The molecule has 1 amide bonds. The minimum absolute atomic E-state index is 0.368. The Morgan fingerprint density at radius 1 is 1.15 bits per heavy atom. The molecule has 0 heterocycles. The molecule has 0 saturated heterocycles. The molecule has 0 bridgehead atoms. The second kappa shape index (κ2) is 8.82. The summed E-state index contributed by atoms with van der Waals surface area (Å²) in [5.74, 6) is 1.46. The van der Waals surface area contributed by atoms with Crippen LogP contribution in [0.1, 0.15) is 26.3 Å². The van der Waals surface area contributed by atoms with Crippen LogP contribution in [0, 0.1) is 0 Å². The summed E-state index contributed by atoms with van der Waals surface area (Å²) in [6.45, 7) is 5.94. The van der Waals surface area contributed by atoms with E-state index in [-0.39, 0.29) is 6.09 Å². The third kappa shape index (κ3) is 6.25. The molecular weight excluding hydrogens is 414 g/mol. The Bertz CT molecular complexity index is 757. The Labute approximate surface area is 168 Å². The SMILES string of the molecule is CSc1ccc(Oc2ccc(Br)cc2CN(C)C(=O)OC(C)(C)C)cc1. The summed E-state index contributed by atoms with van der Waals surface area (Å²) >= 11 is 5.17. The van der Waals surface area contributed by atoms with E-state index in [0.29, 0.717) is 12.3 Å². The van der Waals surface area contributed by atoms with Crippen LogP contribution < -0.4 is 4.74 Å². The van der Waals surface area contributed by atoms with Crippen molar-refractivity contribution < 1.29 is 14.3 Å². The summed E-state index contributed by atoms with van der Waals surface area (Å²) in [6, 6.07) is 13.7. The summed E-state index contributed by atoms with van der Waals surface area (Å²) in [7, 11) is 1.71. The number of carbonyl (C=O) groups excluding carboxylic acids is 1. The maximum absolute atomic E-state index is 12.2. The standard InChI is InChI=1S/C20H24BrNO3S/c1-20(2,3)25-19(23)22(4)13-14-12-15(21)6-11-18(14)24-16-7-9-17(26-5)10-8-16/h6-12H,13H2,1-5H3. The zero-order chi connectivity index (χ0) is 19.3. The molecule has 0 radical (unpaired) electrons. The molecule has 2 rings (SSSR count). The van der Waals surface area contributed by atoms with Crippen LogP contribution in [-0.4, -0.2) is 29.9 Å². The van der Waals surface area contributed by atoms with Crippen LogP contribution in [0.3, 0.4) is 0 Å². The van der Waals surface area contributed by atoms with E-state index in [0.717, 1.165) is 15.8 Å². The number of ether oxygens (including phenoxy) is 2. The van der Waals surface area contributed by atoms with Gasteiger partial charge in [0.2, 0.25) is 0 Å². The molecule has 140 valence electrons. The molecule has 0 saturated carbocycles. The number of hydrogen-bond acceptors (Lipinski definition) is 4. The Morgan fingerprint density at radius 2 is 1.81 bits per heavy atom. The first-order valence-electron chi connectivity index (χ1n) is 8.22. The van der Waals surface area contributed by atoms with Crippen LogP contribution in [-0.2, 0) is 11.3 Å². The van der Waals surface area contributed by atoms with Gasteiger partial charge in [-0.1, -0.05) is 15.9 Å². The van der Waals surface area contributed by atoms with Crippen LogP contribution in [0.15, 0.2) is 51.8 Å². The molecule has 0 aliphatic heterocycles. The number of hydrogen-bond donors (Lipinski definition) is 0. The number of thioether (sulfide) groups is 1. The molecular formula is C20H24BrNO3S. The highest BCUT2D eigenvalue weighted by molar-refractivity contribution is 9.10. The molecule has 0 fully saturated rings. The van der Waals surface area contributed by atoms with E-state index in [1.54, 1.807) is 18.8 Å². The van der Waals surface area contributed by atoms with Crippen molar-refractivity contribution in [3.05, 3.63) is 52.5 Å². The van der Waals surface area contributed by atoms with Crippen molar-refractivity contribution in [1.29, 1.82) is 0 Å². The Hall–Kier alpha value is -1.66. The first kappa shape index (κ1) is 20.6. The van der Waals surface area contributed by atoms with Gasteiger partial charge in [-0.2, -0.15) is 0 Å². The number of rotatable bonds is 5. The fourth-order valence-electron chi connectivity index (χ4n) is 2.20. The maximum atomic E-state index is 12.2. The smallest absolute Gasteiger partial charge is 0.410 e. The average molecular weight is 438 g/mol. The topological polar surface area (TPSA) is 38.8 Å². The number of benzene rings is 2. The van der Waals surface area contributed by atoms with Crippen LogP contribution in [0.4, 0.5) is 4.79 Å². The van der Waals surface area contributed by atoms with Crippen LogP contribution in [0.5, 0.6) is 11.5 Å². The van der Waals surface area contributed by atoms with E-state index in [2.05, 4.69) is 15.9 Å².